The molecule has 0 N–H and O–H groups in total. The second-order valence-electron chi connectivity index (χ2n) is 6.74. The average Bonchev–Trinajstić information content (AvgIpc) is 3.07. The van der Waals surface area contributed by atoms with E-state index in [-0.39, 0.29) is 0 Å². The van der Waals surface area contributed by atoms with Gasteiger partial charge in [0.2, 0.25) is 0 Å². The van der Waals surface area contributed by atoms with Crippen LogP contribution in [0.5, 0.6) is 0 Å². The van der Waals surface area contributed by atoms with Gasteiger partial charge < -0.3 is 0 Å². The van der Waals surface area contributed by atoms with Crippen molar-refractivity contribution in [2.45, 2.75) is 20.8 Å². The van der Waals surface area contributed by atoms with Gasteiger partial charge in [0, 0.05) is 23.0 Å². The van der Waals surface area contributed by atoms with Crippen molar-refractivity contribution >= 4 is 0 Å². The van der Waals surface area contributed by atoms with Crippen molar-refractivity contribution in [2.75, 3.05) is 0 Å². The molecule has 0 spiro atoms. The standard InChI is InChI=1S/C24H22N2/c1-17-10-7-8-15-22(17)26-16-21(23-18(2)11-9-12-19(23)3)25-24(26)20-13-5-4-6-14-20/h4-16H,1-3H3. The molecule has 1 heterocycles. The molecule has 3 aromatic carbocycles. The first-order valence-corrected chi connectivity index (χ1v) is 8.92. The molecule has 128 valence electrons. The molecule has 4 aromatic rings. The molecule has 1 aromatic heterocycles. The van der Waals surface area contributed by atoms with Gasteiger partial charge in [0.25, 0.3) is 0 Å². The zero-order valence-electron chi connectivity index (χ0n) is 15.4. The monoisotopic (exact) mass is 338 g/mol. The van der Waals surface area contributed by atoms with E-state index >= 15 is 0 Å². The third-order valence-corrected chi connectivity index (χ3v) is 4.85. The largest absolute Gasteiger partial charge is 0.299 e. The molecular weight excluding hydrogens is 316 g/mol. The van der Waals surface area contributed by atoms with Crippen LogP contribution in [0.3, 0.4) is 0 Å². The summed E-state index contributed by atoms with van der Waals surface area (Å²) in [7, 11) is 0. The van der Waals surface area contributed by atoms with Gasteiger partial charge >= 0.3 is 0 Å². The Kier molecular flexibility index (Phi) is 4.18. The van der Waals surface area contributed by atoms with E-state index in [9.17, 15) is 0 Å². The lowest BCUT2D eigenvalue weighted by atomic mass is 10.0. The number of aromatic nitrogens is 2. The molecule has 0 bridgehead atoms. The molecule has 0 amide bonds. The molecular formula is C24H22N2. The lowest BCUT2D eigenvalue weighted by Crippen LogP contribution is -1.98. The Labute approximate surface area is 154 Å². The molecule has 0 aliphatic heterocycles. The highest BCUT2D eigenvalue weighted by atomic mass is 15.1. The summed E-state index contributed by atoms with van der Waals surface area (Å²) in [4.78, 5) is 5.05. The quantitative estimate of drug-likeness (QED) is 0.439. The van der Waals surface area contributed by atoms with Crippen LogP contribution < -0.4 is 0 Å². The number of benzene rings is 3. The number of rotatable bonds is 3. The highest BCUT2D eigenvalue weighted by molar-refractivity contribution is 5.72. The van der Waals surface area contributed by atoms with Crippen LogP contribution in [0.4, 0.5) is 0 Å². The van der Waals surface area contributed by atoms with Crippen LogP contribution in [0.1, 0.15) is 16.7 Å². The molecule has 4 rings (SSSR count). The van der Waals surface area contributed by atoms with Crippen LogP contribution in [0.15, 0.2) is 79.0 Å². The van der Waals surface area contributed by atoms with Gasteiger partial charge in [-0.2, -0.15) is 0 Å². The van der Waals surface area contributed by atoms with E-state index < -0.39 is 0 Å². The van der Waals surface area contributed by atoms with Gasteiger partial charge in [0.1, 0.15) is 5.82 Å². The molecule has 0 aliphatic carbocycles. The third-order valence-electron chi connectivity index (χ3n) is 4.85. The zero-order valence-corrected chi connectivity index (χ0v) is 15.4. The number of imidazole rings is 1. The minimum atomic E-state index is 0.970. The maximum absolute atomic E-state index is 5.05. The zero-order chi connectivity index (χ0) is 18.1. The van der Waals surface area contributed by atoms with Crippen LogP contribution in [0.25, 0.3) is 28.3 Å². The predicted octanol–water partition coefficient (Wildman–Crippen LogP) is 6.13. The number of aryl methyl sites for hydroxylation is 3. The summed E-state index contributed by atoms with van der Waals surface area (Å²) in [5.41, 5.74) is 8.25. The van der Waals surface area contributed by atoms with Crippen LogP contribution in [0, 0.1) is 20.8 Å². The van der Waals surface area contributed by atoms with Crippen molar-refractivity contribution < 1.29 is 0 Å². The van der Waals surface area contributed by atoms with Crippen molar-refractivity contribution in [2.24, 2.45) is 0 Å². The molecule has 2 heteroatoms. The Morgan fingerprint density at radius 3 is 1.96 bits per heavy atom. The van der Waals surface area contributed by atoms with Crippen LogP contribution in [0.2, 0.25) is 0 Å². The summed E-state index contributed by atoms with van der Waals surface area (Å²) in [6.45, 7) is 6.44. The van der Waals surface area contributed by atoms with Crippen molar-refractivity contribution in [3.63, 3.8) is 0 Å². The summed E-state index contributed by atoms with van der Waals surface area (Å²) in [6, 6.07) is 25.2. The first kappa shape index (κ1) is 16.3. The molecule has 0 radical (unpaired) electrons. The molecule has 0 saturated carbocycles. The molecule has 0 aliphatic rings. The molecule has 26 heavy (non-hydrogen) atoms. The maximum Gasteiger partial charge on any atom is 0.145 e. The van der Waals surface area contributed by atoms with Crippen molar-refractivity contribution in [3.05, 3.63) is 95.7 Å². The van der Waals surface area contributed by atoms with Crippen molar-refractivity contribution in [1.29, 1.82) is 0 Å². The first-order valence-electron chi connectivity index (χ1n) is 8.92. The third kappa shape index (κ3) is 2.84. The molecule has 0 fully saturated rings. The van der Waals surface area contributed by atoms with Gasteiger partial charge in [-0.25, -0.2) is 4.98 Å². The fraction of sp³-hybridized carbons (Fsp3) is 0.125. The van der Waals surface area contributed by atoms with E-state index in [0.29, 0.717) is 0 Å². The van der Waals surface area contributed by atoms with E-state index in [1.807, 2.05) is 6.07 Å². The van der Waals surface area contributed by atoms with Gasteiger partial charge in [-0.05, 0) is 43.5 Å². The Hall–Kier alpha value is -3.13. The normalized spacial score (nSPS) is 10.9. The Bertz CT molecular complexity index is 1040. The molecule has 0 atom stereocenters. The van der Waals surface area contributed by atoms with E-state index in [0.717, 1.165) is 22.8 Å². The minimum Gasteiger partial charge on any atom is -0.299 e. The van der Waals surface area contributed by atoms with Crippen LogP contribution in [-0.2, 0) is 0 Å². The second-order valence-corrected chi connectivity index (χ2v) is 6.74. The van der Waals surface area contributed by atoms with Crippen molar-refractivity contribution in [1.82, 2.24) is 9.55 Å². The van der Waals surface area contributed by atoms with Crippen molar-refractivity contribution in [3.8, 4) is 28.3 Å². The summed E-state index contributed by atoms with van der Waals surface area (Å²) >= 11 is 0. The highest BCUT2D eigenvalue weighted by Crippen LogP contribution is 2.32. The summed E-state index contributed by atoms with van der Waals surface area (Å²) in [5.74, 6) is 0.970. The highest BCUT2D eigenvalue weighted by Gasteiger charge is 2.16. The Balaban J connectivity index is 1.99. The van der Waals surface area contributed by atoms with Gasteiger partial charge in [-0.3, -0.25) is 4.57 Å². The fourth-order valence-electron chi connectivity index (χ4n) is 3.53. The SMILES string of the molecule is Cc1ccccc1-n1cc(-c2c(C)cccc2C)nc1-c1ccccc1. The number of nitrogens with zero attached hydrogens (tertiary/aromatic N) is 2. The molecule has 2 nitrogen and oxygen atoms in total. The minimum absolute atomic E-state index is 0.970. The van der Waals surface area contributed by atoms with E-state index in [1.54, 1.807) is 0 Å². The lowest BCUT2D eigenvalue weighted by molar-refractivity contribution is 1.05. The summed E-state index contributed by atoms with van der Waals surface area (Å²) in [5, 5.41) is 0. The summed E-state index contributed by atoms with van der Waals surface area (Å²) < 4.78 is 2.21. The predicted molar refractivity (Wildman–Crippen MR) is 109 cm³/mol. The summed E-state index contributed by atoms with van der Waals surface area (Å²) in [6.07, 6.45) is 2.17. The average molecular weight is 338 g/mol. The smallest absolute Gasteiger partial charge is 0.145 e. The fourth-order valence-corrected chi connectivity index (χ4v) is 3.53. The number of hydrogen-bond donors (Lipinski definition) is 0. The Morgan fingerprint density at radius 1 is 0.654 bits per heavy atom. The van der Waals surface area contributed by atoms with Gasteiger partial charge in [-0.15, -0.1) is 0 Å². The van der Waals surface area contributed by atoms with Crippen LogP contribution in [-0.4, -0.2) is 9.55 Å². The van der Waals surface area contributed by atoms with Crippen LogP contribution >= 0.6 is 0 Å². The first-order chi connectivity index (χ1) is 12.6. The van der Waals surface area contributed by atoms with Gasteiger partial charge in [0.15, 0.2) is 0 Å². The number of para-hydroxylation sites is 1. The van der Waals surface area contributed by atoms with E-state index in [2.05, 4.69) is 98.3 Å². The molecule has 0 unspecified atom stereocenters. The van der Waals surface area contributed by atoms with Gasteiger partial charge in [0.05, 0.1) is 5.69 Å². The lowest BCUT2D eigenvalue weighted by Gasteiger charge is -2.10. The number of hydrogen-bond acceptors (Lipinski definition) is 1. The van der Waals surface area contributed by atoms with E-state index in [1.165, 1.54) is 22.3 Å². The van der Waals surface area contributed by atoms with Gasteiger partial charge in [-0.1, -0.05) is 66.7 Å². The second kappa shape index (κ2) is 6.64. The molecule has 0 saturated heterocycles. The van der Waals surface area contributed by atoms with E-state index in [4.69, 9.17) is 4.98 Å². The maximum atomic E-state index is 5.05. The topological polar surface area (TPSA) is 17.8 Å². The Morgan fingerprint density at radius 2 is 1.27 bits per heavy atom.